The Labute approximate surface area is 77.6 Å². The maximum atomic E-state index is 5.68. The van der Waals surface area contributed by atoms with Gasteiger partial charge in [0.2, 0.25) is 0 Å². The third-order valence-corrected chi connectivity index (χ3v) is 2.19. The fourth-order valence-electron chi connectivity index (χ4n) is 1.53. The summed E-state index contributed by atoms with van der Waals surface area (Å²) < 4.78 is 5.68. The summed E-state index contributed by atoms with van der Waals surface area (Å²) in [5, 5.41) is 0. The zero-order valence-corrected chi connectivity index (χ0v) is 7.68. The number of aromatic nitrogens is 2. The molecule has 1 fully saturated rings. The third kappa shape index (κ3) is 2.15. The molecule has 2 rings (SSSR count). The average molecular weight is 179 g/mol. The van der Waals surface area contributed by atoms with E-state index in [9.17, 15) is 0 Å². The summed E-state index contributed by atoms with van der Waals surface area (Å²) in [5.74, 6) is 0.766. The Morgan fingerprint density at radius 2 is 2.23 bits per heavy atom. The first-order valence-corrected chi connectivity index (χ1v) is 4.45. The number of hydrogen-bond acceptors (Lipinski definition) is 4. The predicted molar refractivity (Wildman–Crippen MR) is 48.6 cm³/mol. The van der Waals surface area contributed by atoms with Crippen LogP contribution in [0.2, 0.25) is 0 Å². The van der Waals surface area contributed by atoms with Gasteiger partial charge in [-0.05, 0) is 13.5 Å². The van der Waals surface area contributed by atoms with E-state index in [2.05, 4.69) is 21.9 Å². The van der Waals surface area contributed by atoms with Crippen LogP contribution in [0.15, 0.2) is 18.7 Å². The van der Waals surface area contributed by atoms with Gasteiger partial charge in [-0.25, -0.2) is 9.97 Å². The van der Waals surface area contributed by atoms with Gasteiger partial charge in [0.05, 0.1) is 12.4 Å². The van der Waals surface area contributed by atoms with E-state index in [1.165, 1.54) is 6.33 Å². The number of rotatable bonds is 2. The standard InChI is InChI=1S/C9H13N3O/c1-12-3-2-8(6-12)13-9-4-10-7-11-5-9/h4-5,7-8H,2-3,6H2,1H3. The van der Waals surface area contributed by atoms with Crippen molar-refractivity contribution >= 4 is 0 Å². The van der Waals surface area contributed by atoms with Gasteiger partial charge in [-0.2, -0.15) is 0 Å². The molecule has 0 saturated carbocycles. The molecule has 1 aromatic rings. The Bertz CT molecular complexity index is 265. The summed E-state index contributed by atoms with van der Waals surface area (Å²) in [5.41, 5.74) is 0. The first kappa shape index (κ1) is 8.44. The molecule has 0 N–H and O–H groups in total. The number of likely N-dealkylation sites (N-methyl/N-ethyl adjacent to an activating group) is 1. The molecule has 1 unspecified atom stereocenters. The van der Waals surface area contributed by atoms with Crippen LogP contribution in [0.25, 0.3) is 0 Å². The minimum atomic E-state index is 0.302. The topological polar surface area (TPSA) is 38.2 Å². The summed E-state index contributed by atoms with van der Waals surface area (Å²) in [6.07, 6.45) is 6.30. The van der Waals surface area contributed by atoms with Crippen molar-refractivity contribution in [2.45, 2.75) is 12.5 Å². The Morgan fingerprint density at radius 3 is 2.85 bits per heavy atom. The molecule has 4 nitrogen and oxygen atoms in total. The van der Waals surface area contributed by atoms with Crippen LogP contribution < -0.4 is 4.74 Å². The smallest absolute Gasteiger partial charge is 0.156 e. The second kappa shape index (κ2) is 3.70. The van der Waals surface area contributed by atoms with Gasteiger partial charge < -0.3 is 9.64 Å². The lowest BCUT2D eigenvalue weighted by molar-refractivity contribution is 0.206. The largest absolute Gasteiger partial charge is 0.486 e. The Hall–Kier alpha value is -1.16. The number of likely N-dealkylation sites (tertiary alicyclic amines) is 1. The fourth-order valence-corrected chi connectivity index (χ4v) is 1.53. The van der Waals surface area contributed by atoms with E-state index in [1.807, 2.05) is 0 Å². The van der Waals surface area contributed by atoms with Crippen LogP contribution in [0.3, 0.4) is 0 Å². The van der Waals surface area contributed by atoms with Gasteiger partial charge in [-0.1, -0.05) is 0 Å². The minimum absolute atomic E-state index is 0.302. The summed E-state index contributed by atoms with van der Waals surface area (Å²) in [6, 6.07) is 0. The van der Waals surface area contributed by atoms with Crippen molar-refractivity contribution in [2.24, 2.45) is 0 Å². The molecule has 0 aliphatic carbocycles. The Morgan fingerprint density at radius 1 is 1.46 bits per heavy atom. The monoisotopic (exact) mass is 179 g/mol. The highest BCUT2D eigenvalue weighted by molar-refractivity contribution is 5.10. The van der Waals surface area contributed by atoms with Crippen molar-refractivity contribution in [1.82, 2.24) is 14.9 Å². The lowest BCUT2D eigenvalue weighted by Gasteiger charge is -2.12. The fraction of sp³-hybridized carbons (Fsp3) is 0.556. The molecule has 1 aromatic heterocycles. The molecule has 70 valence electrons. The molecular formula is C9H13N3O. The molecule has 1 aliphatic rings. The van der Waals surface area contributed by atoms with Crippen molar-refractivity contribution in [2.75, 3.05) is 20.1 Å². The van der Waals surface area contributed by atoms with Crippen molar-refractivity contribution < 1.29 is 4.74 Å². The van der Waals surface area contributed by atoms with Crippen LogP contribution in [0.1, 0.15) is 6.42 Å². The second-order valence-corrected chi connectivity index (χ2v) is 3.36. The van der Waals surface area contributed by atoms with Crippen LogP contribution in [-0.2, 0) is 0 Å². The van der Waals surface area contributed by atoms with Crippen LogP contribution >= 0.6 is 0 Å². The molecule has 0 bridgehead atoms. The number of nitrogens with zero attached hydrogens (tertiary/aromatic N) is 3. The first-order valence-electron chi connectivity index (χ1n) is 4.45. The van der Waals surface area contributed by atoms with E-state index in [0.717, 1.165) is 25.3 Å². The highest BCUT2D eigenvalue weighted by Gasteiger charge is 2.20. The molecular weight excluding hydrogens is 166 g/mol. The van der Waals surface area contributed by atoms with Crippen LogP contribution in [-0.4, -0.2) is 41.1 Å². The summed E-state index contributed by atoms with van der Waals surface area (Å²) in [4.78, 5) is 10.1. The van der Waals surface area contributed by atoms with Crippen LogP contribution in [0.4, 0.5) is 0 Å². The second-order valence-electron chi connectivity index (χ2n) is 3.36. The normalized spacial score (nSPS) is 23.3. The van der Waals surface area contributed by atoms with Gasteiger partial charge in [0.1, 0.15) is 12.4 Å². The molecule has 1 atom stereocenters. The van der Waals surface area contributed by atoms with Crippen LogP contribution in [0.5, 0.6) is 5.75 Å². The van der Waals surface area contributed by atoms with E-state index < -0.39 is 0 Å². The van der Waals surface area contributed by atoms with Gasteiger partial charge in [0.15, 0.2) is 5.75 Å². The van der Waals surface area contributed by atoms with E-state index >= 15 is 0 Å². The molecule has 2 heterocycles. The van der Waals surface area contributed by atoms with Crippen molar-refractivity contribution in [3.05, 3.63) is 18.7 Å². The molecule has 0 radical (unpaired) electrons. The van der Waals surface area contributed by atoms with E-state index in [1.54, 1.807) is 12.4 Å². The van der Waals surface area contributed by atoms with Gasteiger partial charge in [0.25, 0.3) is 0 Å². The van der Waals surface area contributed by atoms with E-state index in [0.29, 0.717) is 6.10 Å². The maximum Gasteiger partial charge on any atom is 0.156 e. The highest BCUT2D eigenvalue weighted by Crippen LogP contribution is 2.14. The van der Waals surface area contributed by atoms with Crippen molar-refractivity contribution in [1.29, 1.82) is 0 Å². The van der Waals surface area contributed by atoms with Gasteiger partial charge in [0, 0.05) is 13.1 Å². The lowest BCUT2D eigenvalue weighted by Crippen LogP contribution is -2.21. The molecule has 0 amide bonds. The molecule has 4 heteroatoms. The predicted octanol–water partition coefficient (Wildman–Crippen LogP) is 0.560. The van der Waals surface area contributed by atoms with Crippen molar-refractivity contribution in [3.63, 3.8) is 0 Å². The SMILES string of the molecule is CN1CCC(Oc2cncnc2)C1. The number of ether oxygens (including phenoxy) is 1. The van der Waals surface area contributed by atoms with E-state index in [-0.39, 0.29) is 0 Å². The number of hydrogen-bond donors (Lipinski definition) is 0. The zero-order chi connectivity index (χ0) is 9.10. The summed E-state index contributed by atoms with van der Waals surface area (Å²) in [6.45, 7) is 2.10. The zero-order valence-electron chi connectivity index (χ0n) is 7.68. The third-order valence-electron chi connectivity index (χ3n) is 2.19. The Kier molecular flexibility index (Phi) is 2.40. The molecule has 13 heavy (non-hydrogen) atoms. The minimum Gasteiger partial charge on any atom is -0.486 e. The quantitative estimate of drug-likeness (QED) is 0.665. The highest BCUT2D eigenvalue weighted by atomic mass is 16.5. The molecule has 0 spiro atoms. The molecule has 1 saturated heterocycles. The van der Waals surface area contributed by atoms with Gasteiger partial charge in [-0.15, -0.1) is 0 Å². The average Bonchev–Trinajstić information content (AvgIpc) is 2.53. The van der Waals surface area contributed by atoms with Gasteiger partial charge in [-0.3, -0.25) is 0 Å². The summed E-state index contributed by atoms with van der Waals surface area (Å²) in [7, 11) is 2.10. The molecule has 1 aliphatic heterocycles. The Balaban J connectivity index is 1.92. The molecule has 0 aromatic carbocycles. The first-order chi connectivity index (χ1) is 6.34. The van der Waals surface area contributed by atoms with Crippen molar-refractivity contribution in [3.8, 4) is 5.75 Å². The maximum absolute atomic E-state index is 5.68. The summed E-state index contributed by atoms with van der Waals surface area (Å²) >= 11 is 0. The van der Waals surface area contributed by atoms with Crippen LogP contribution in [0, 0.1) is 0 Å². The van der Waals surface area contributed by atoms with Gasteiger partial charge >= 0.3 is 0 Å². The van der Waals surface area contributed by atoms with E-state index in [4.69, 9.17) is 4.74 Å². The lowest BCUT2D eigenvalue weighted by atomic mass is 10.3.